The summed E-state index contributed by atoms with van der Waals surface area (Å²) in [5.41, 5.74) is 0.537. The molecule has 0 spiro atoms. The van der Waals surface area contributed by atoms with Gasteiger partial charge in [0, 0.05) is 6.07 Å². The van der Waals surface area contributed by atoms with Crippen LogP contribution in [0.2, 0.25) is 10.0 Å². The van der Waals surface area contributed by atoms with Crippen LogP contribution in [0.4, 0.5) is 0 Å². The molecular formula is C23H21Cl2NO5. The van der Waals surface area contributed by atoms with E-state index in [-0.39, 0.29) is 32.3 Å². The number of carbonyl (C=O) groups is 1. The van der Waals surface area contributed by atoms with E-state index < -0.39 is 6.10 Å². The van der Waals surface area contributed by atoms with Crippen molar-refractivity contribution in [2.45, 2.75) is 6.10 Å². The Morgan fingerprint density at radius 2 is 1.81 bits per heavy atom. The summed E-state index contributed by atoms with van der Waals surface area (Å²) in [5.74, 6) is 5.90. The largest absolute Gasteiger partial charge is 0.493 e. The van der Waals surface area contributed by atoms with Crippen molar-refractivity contribution in [3.63, 3.8) is 0 Å². The summed E-state index contributed by atoms with van der Waals surface area (Å²) in [6.07, 6.45) is 9.52. The summed E-state index contributed by atoms with van der Waals surface area (Å²) < 4.78 is 21.8. The molecule has 6 nitrogen and oxygen atoms in total. The molecule has 0 saturated carbocycles. The molecule has 0 fully saturated rings. The second-order valence-corrected chi connectivity index (χ2v) is 6.83. The fourth-order valence-corrected chi connectivity index (χ4v) is 2.85. The summed E-state index contributed by atoms with van der Waals surface area (Å²) in [7, 11) is 1.52. The quantitative estimate of drug-likeness (QED) is 0.406. The predicted molar refractivity (Wildman–Crippen MR) is 120 cm³/mol. The van der Waals surface area contributed by atoms with E-state index in [4.69, 9.17) is 55.0 Å². The van der Waals surface area contributed by atoms with Gasteiger partial charge in [0.15, 0.2) is 17.6 Å². The van der Waals surface area contributed by atoms with Crippen LogP contribution in [0.1, 0.15) is 11.7 Å². The number of nitrogens with one attached hydrogen (secondary N) is 1. The molecule has 0 aliphatic carbocycles. The number of methoxy groups -OCH3 is 1. The lowest BCUT2D eigenvalue weighted by Crippen LogP contribution is -2.34. The van der Waals surface area contributed by atoms with Gasteiger partial charge in [-0.2, -0.15) is 0 Å². The monoisotopic (exact) mass is 461 g/mol. The number of rotatable bonds is 11. The Morgan fingerprint density at radius 1 is 1.03 bits per heavy atom. The van der Waals surface area contributed by atoms with Crippen LogP contribution in [0.25, 0.3) is 0 Å². The van der Waals surface area contributed by atoms with Crippen LogP contribution in [-0.2, 0) is 9.53 Å². The predicted octanol–water partition coefficient (Wildman–Crippen LogP) is 3.90. The molecule has 0 bridgehead atoms. The topological polar surface area (TPSA) is 66.0 Å². The summed E-state index contributed by atoms with van der Waals surface area (Å²) in [6, 6.07) is 9.88. The fourth-order valence-electron chi connectivity index (χ4n) is 2.54. The van der Waals surface area contributed by atoms with Crippen LogP contribution >= 0.6 is 23.2 Å². The Balaban J connectivity index is 1.93. The van der Waals surface area contributed by atoms with Crippen molar-refractivity contribution in [2.24, 2.45) is 0 Å². The molecule has 0 heterocycles. The fraction of sp³-hybridized carbons (Fsp3) is 0.261. The van der Waals surface area contributed by atoms with Crippen LogP contribution in [0.15, 0.2) is 36.4 Å². The minimum absolute atomic E-state index is 0.0390. The zero-order chi connectivity index (χ0) is 22.6. The van der Waals surface area contributed by atoms with Gasteiger partial charge < -0.3 is 24.3 Å². The maximum Gasteiger partial charge on any atom is 0.253 e. The first-order valence-electron chi connectivity index (χ1n) is 9.15. The van der Waals surface area contributed by atoms with Crippen molar-refractivity contribution in [3.05, 3.63) is 52.0 Å². The smallest absolute Gasteiger partial charge is 0.253 e. The molecule has 2 rings (SSSR count). The van der Waals surface area contributed by atoms with E-state index in [0.29, 0.717) is 32.9 Å². The van der Waals surface area contributed by atoms with Gasteiger partial charge in [-0.15, -0.1) is 12.8 Å². The zero-order valence-electron chi connectivity index (χ0n) is 16.8. The normalized spacial score (nSPS) is 11.0. The maximum atomic E-state index is 12.6. The van der Waals surface area contributed by atoms with Gasteiger partial charge in [0.2, 0.25) is 0 Å². The molecule has 0 aliphatic heterocycles. The van der Waals surface area contributed by atoms with Gasteiger partial charge in [-0.3, -0.25) is 4.79 Å². The number of ether oxygens (including phenoxy) is 4. The van der Waals surface area contributed by atoms with Crippen LogP contribution in [0, 0.1) is 24.7 Å². The molecule has 162 valence electrons. The van der Waals surface area contributed by atoms with Crippen molar-refractivity contribution in [1.82, 2.24) is 5.32 Å². The standard InChI is InChI=1S/C23H21Cl2NO5/c1-4-11-30-20-9-7-17(15-21(20)28-3)29-13-10-26-23(27)22(31-12-5-2)16-6-8-18(24)19(25)14-16/h1-2,6-9,14-15,22H,10-13H2,3H3,(H,26,27). The van der Waals surface area contributed by atoms with Gasteiger partial charge in [-0.1, -0.05) is 41.1 Å². The Hall–Kier alpha value is -3.03. The van der Waals surface area contributed by atoms with Crippen LogP contribution in [0.5, 0.6) is 17.2 Å². The van der Waals surface area contributed by atoms with E-state index in [1.54, 1.807) is 36.4 Å². The van der Waals surface area contributed by atoms with E-state index in [2.05, 4.69) is 17.2 Å². The van der Waals surface area contributed by atoms with E-state index in [0.717, 1.165) is 0 Å². The first-order valence-corrected chi connectivity index (χ1v) is 9.90. The lowest BCUT2D eigenvalue weighted by molar-refractivity contribution is -0.132. The summed E-state index contributed by atoms with van der Waals surface area (Å²) >= 11 is 12.0. The van der Waals surface area contributed by atoms with E-state index in [1.807, 2.05) is 0 Å². The number of hydrogen-bond acceptors (Lipinski definition) is 5. The summed E-state index contributed by atoms with van der Waals surface area (Å²) in [5, 5.41) is 3.44. The third-order valence-corrected chi connectivity index (χ3v) is 4.67. The average molecular weight is 462 g/mol. The maximum absolute atomic E-state index is 12.6. The molecule has 1 atom stereocenters. The molecule has 0 saturated heterocycles. The van der Waals surface area contributed by atoms with Gasteiger partial charge >= 0.3 is 0 Å². The second kappa shape index (κ2) is 12.6. The number of amides is 1. The molecule has 0 radical (unpaired) electrons. The average Bonchev–Trinajstić information content (AvgIpc) is 2.78. The van der Waals surface area contributed by atoms with E-state index >= 15 is 0 Å². The van der Waals surface area contributed by atoms with Gasteiger partial charge in [-0.25, -0.2) is 0 Å². The lowest BCUT2D eigenvalue weighted by atomic mass is 10.1. The molecule has 8 heteroatoms. The molecule has 1 unspecified atom stereocenters. The van der Waals surface area contributed by atoms with Gasteiger partial charge in [0.1, 0.15) is 25.6 Å². The summed E-state index contributed by atoms with van der Waals surface area (Å²) in [4.78, 5) is 12.6. The first-order chi connectivity index (χ1) is 15.0. The highest BCUT2D eigenvalue weighted by Gasteiger charge is 2.22. The van der Waals surface area contributed by atoms with E-state index in [9.17, 15) is 4.79 Å². The summed E-state index contributed by atoms with van der Waals surface area (Å²) in [6.45, 7) is 0.531. The molecule has 2 aromatic carbocycles. The Morgan fingerprint density at radius 3 is 2.48 bits per heavy atom. The molecule has 0 aliphatic rings. The number of benzene rings is 2. The van der Waals surface area contributed by atoms with Crippen molar-refractivity contribution in [1.29, 1.82) is 0 Å². The Bertz CT molecular complexity index is 981. The number of hydrogen-bond donors (Lipinski definition) is 1. The minimum Gasteiger partial charge on any atom is -0.493 e. The SMILES string of the molecule is C#CCOc1ccc(OCCNC(=O)C(OCC#C)c2ccc(Cl)c(Cl)c2)cc1OC. The van der Waals surface area contributed by atoms with Gasteiger partial charge in [-0.05, 0) is 29.8 Å². The minimum atomic E-state index is -0.932. The van der Waals surface area contributed by atoms with E-state index in [1.165, 1.54) is 7.11 Å². The molecule has 0 aromatic heterocycles. The lowest BCUT2D eigenvalue weighted by Gasteiger charge is -2.18. The van der Waals surface area contributed by atoms with Crippen molar-refractivity contribution < 1.29 is 23.7 Å². The van der Waals surface area contributed by atoms with Gasteiger partial charge in [0.25, 0.3) is 5.91 Å². The van der Waals surface area contributed by atoms with Gasteiger partial charge in [0.05, 0.1) is 23.7 Å². The van der Waals surface area contributed by atoms with Crippen molar-refractivity contribution in [2.75, 3.05) is 33.5 Å². The molecule has 31 heavy (non-hydrogen) atoms. The third kappa shape index (κ3) is 7.31. The molecule has 1 amide bonds. The molecule has 2 aromatic rings. The third-order valence-electron chi connectivity index (χ3n) is 3.93. The van der Waals surface area contributed by atoms with Crippen molar-refractivity contribution in [3.8, 4) is 41.9 Å². The highest BCUT2D eigenvalue weighted by atomic mass is 35.5. The van der Waals surface area contributed by atoms with Crippen LogP contribution in [0.3, 0.4) is 0 Å². The highest BCUT2D eigenvalue weighted by molar-refractivity contribution is 6.42. The van der Waals surface area contributed by atoms with Crippen LogP contribution in [-0.4, -0.2) is 39.4 Å². The first kappa shape index (κ1) is 24.2. The second-order valence-electron chi connectivity index (χ2n) is 6.01. The number of carbonyl (C=O) groups excluding carboxylic acids is 1. The Labute approximate surface area is 191 Å². The number of halogens is 2. The van der Waals surface area contributed by atoms with Crippen molar-refractivity contribution >= 4 is 29.1 Å². The highest BCUT2D eigenvalue weighted by Crippen LogP contribution is 2.31. The zero-order valence-corrected chi connectivity index (χ0v) is 18.3. The molecular weight excluding hydrogens is 441 g/mol. The molecule has 1 N–H and O–H groups in total. The number of terminal acetylenes is 2. The Kier molecular flexibility index (Phi) is 9.87. The van der Waals surface area contributed by atoms with Crippen LogP contribution < -0.4 is 19.5 Å².